The lowest BCUT2D eigenvalue weighted by Crippen LogP contribution is -2.40. The highest BCUT2D eigenvalue weighted by molar-refractivity contribution is 6.05. The summed E-state index contributed by atoms with van der Waals surface area (Å²) in [6.45, 7) is 6.62. The van der Waals surface area contributed by atoms with Crippen LogP contribution in [-0.2, 0) is 13.0 Å². The Hall–Kier alpha value is -3.48. The highest BCUT2D eigenvalue weighted by Crippen LogP contribution is 2.40. The van der Waals surface area contributed by atoms with E-state index in [9.17, 15) is 9.18 Å². The van der Waals surface area contributed by atoms with Gasteiger partial charge in [0.05, 0.1) is 17.9 Å². The Morgan fingerprint density at radius 3 is 2.84 bits per heavy atom. The van der Waals surface area contributed by atoms with Crippen molar-refractivity contribution in [3.8, 4) is 5.75 Å². The standard InChI is InChI=1S/C25H25FN4O2/c1-14(2)23-17-13-30(25(31)29-19(17)8-10-28-23)20-12-22-16(11-15(20)3)6-7-21(32-22)24-18(26)5-4-9-27-24/h4-5,8-12,14,21H,6-7,13H2,1-3H3,(H,29,31). The van der Waals surface area contributed by atoms with Gasteiger partial charge in [0.15, 0.2) is 0 Å². The van der Waals surface area contributed by atoms with E-state index in [2.05, 4.69) is 35.2 Å². The molecule has 1 atom stereocenters. The molecule has 6 nitrogen and oxygen atoms in total. The normalized spacial score (nSPS) is 17.5. The zero-order valence-corrected chi connectivity index (χ0v) is 18.4. The van der Waals surface area contributed by atoms with Crippen LogP contribution in [0.5, 0.6) is 5.75 Å². The molecule has 1 unspecified atom stereocenters. The van der Waals surface area contributed by atoms with Crippen LogP contribution < -0.4 is 15.0 Å². The van der Waals surface area contributed by atoms with Gasteiger partial charge in [-0.2, -0.15) is 0 Å². The van der Waals surface area contributed by atoms with Crippen LogP contribution in [0.3, 0.4) is 0 Å². The molecule has 2 aliphatic heterocycles. The molecule has 0 saturated heterocycles. The molecule has 2 aliphatic rings. The minimum atomic E-state index is -0.452. The van der Waals surface area contributed by atoms with E-state index >= 15 is 0 Å². The first-order valence-electron chi connectivity index (χ1n) is 10.9. The van der Waals surface area contributed by atoms with Crippen LogP contribution in [0.4, 0.5) is 20.6 Å². The summed E-state index contributed by atoms with van der Waals surface area (Å²) in [6.07, 6.45) is 4.27. The molecule has 0 spiro atoms. The molecule has 1 N–H and O–H groups in total. The fourth-order valence-electron chi connectivity index (χ4n) is 4.56. The van der Waals surface area contributed by atoms with Gasteiger partial charge >= 0.3 is 6.03 Å². The Kier molecular flexibility index (Phi) is 5.04. The number of ether oxygens (including phenoxy) is 1. The van der Waals surface area contributed by atoms with Gasteiger partial charge in [-0.25, -0.2) is 9.18 Å². The number of carbonyl (C=O) groups is 1. The molecule has 0 fully saturated rings. The summed E-state index contributed by atoms with van der Waals surface area (Å²) in [6, 6.07) is 8.58. The number of hydrogen-bond acceptors (Lipinski definition) is 4. The second kappa shape index (κ2) is 7.89. The van der Waals surface area contributed by atoms with Gasteiger partial charge in [-0.1, -0.05) is 19.9 Å². The van der Waals surface area contributed by atoms with E-state index in [0.29, 0.717) is 24.4 Å². The summed E-state index contributed by atoms with van der Waals surface area (Å²) >= 11 is 0. The number of hydrogen-bond donors (Lipinski definition) is 1. The van der Waals surface area contributed by atoms with Gasteiger partial charge in [0.2, 0.25) is 0 Å². The highest BCUT2D eigenvalue weighted by Gasteiger charge is 2.31. The van der Waals surface area contributed by atoms with Gasteiger partial charge in [0.25, 0.3) is 0 Å². The monoisotopic (exact) mass is 432 g/mol. The van der Waals surface area contributed by atoms with Crippen LogP contribution in [0, 0.1) is 12.7 Å². The number of rotatable bonds is 3. The zero-order valence-electron chi connectivity index (χ0n) is 18.4. The Labute approximate surface area is 186 Å². The lowest BCUT2D eigenvalue weighted by molar-refractivity contribution is 0.167. The van der Waals surface area contributed by atoms with Crippen molar-refractivity contribution in [2.24, 2.45) is 0 Å². The molecule has 2 amide bonds. The Morgan fingerprint density at radius 1 is 1.22 bits per heavy atom. The summed E-state index contributed by atoms with van der Waals surface area (Å²) in [5.74, 6) is 0.540. The van der Waals surface area contributed by atoms with E-state index in [1.807, 2.05) is 19.1 Å². The van der Waals surface area contributed by atoms with E-state index in [1.165, 1.54) is 6.07 Å². The van der Waals surface area contributed by atoms with Gasteiger partial charge in [-0.3, -0.25) is 14.9 Å². The number of pyridine rings is 2. The number of fused-ring (bicyclic) bond motifs is 2. The van der Waals surface area contributed by atoms with E-state index in [1.54, 1.807) is 23.4 Å². The van der Waals surface area contributed by atoms with Gasteiger partial charge in [0, 0.05) is 29.7 Å². The molecule has 7 heteroatoms. The predicted octanol–water partition coefficient (Wildman–Crippen LogP) is 5.67. The van der Waals surface area contributed by atoms with E-state index in [0.717, 1.165) is 40.2 Å². The van der Waals surface area contributed by atoms with Crippen molar-refractivity contribution in [1.82, 2.24) is 9.97 Å². The molecular formula is C25H25FN4O2. The first-order valence-corrected chi connectivity index (χ1v) is 10.9. The molecule has 0 aliphatic carbocycles. The average Bonchev–Trinajstić information content (AvgIpc) is 2.78. The highest BCUT2D eigenvalue weighted by atomic mass is 19.1. The van der Waals surface area contributed by atoms with Crippen molar-refractivity contribution in [3.63, 3.8) is 0 Å². The summed E-state index contributed by atoms with van der Waals surface area (Å²) < 4.78 is 20.4. The maximum absolute atomic E-state index is 14.3. The number of aromatic nitrogens is 2. The van der Waals surface area contributed by atoms with Crippen molar-refractivity contribution < 1.29 is 13.9 Å². The number of halogens is 1. The fourth-order valence-corrected chi connectivity index (χ4v) is 4.56. The minimum absolute atomic E-state index is 0.190. The lowest BCUT2D eigenvalue weighted by Gasteiger charge is -2.33. The van der Waals surface area contributed by atoms with Gasteiger partial charge in [-0.15, -0.1) is 0 Å². The molecule has 2 aromatic heterocycles. The molecule has 0 radical (unpaired) electrons. The largest absolute Gasteiger partial charge is 0.484 e. The van der Waals surface area contributed by atoms with Crippen LogP contribution in [0.25, 0.3) is 0 Å². The van der Waals surface area contributed by atoms with E-state index in [4.69, 9.17) is 4.74 Å². The summed E-state index contributed by atoms with van der Waals surface area (Å²) in [5.41, 5.74) is 5.94. The van der Waals surface area contributed by atoms with E-state index < -0.39 is 6.10 Å². The molecule has 3 aromatic rings. The zero-order chi connectivity index (χ0) is 22.4. The number of urea groups is 1. The van der Waals surface area contributed by atoms with Gasteiger partial charge in [0.1, 0.15) is 23.4 Å². The second-order valence-corrected chi connectivity index (χ2v) is 8.66. The average molecular weight is 432 g/mol. The molecule has 164 valence electrons. The summed E-state index contributed by atoms with van der Waals surface area (Å²) in [7, 11) is 0. The third-order valence-corrected chi connectivity index (χ3v) is 6.15. The number of nitrogens with zero attached hydrogens (tertiary/aromatic N) is 3. The van der Waals surface area contributed by atoms with Crippen LogP contribution >= 0.6 is 0 Å². The fraction of sp³-hybridized carbons (Fsp3) is 0.320. The van der Waals surface area contributed by atoms with Crippen LogP contribution in [0.15, 0.2) is 42.7 Å². The summed E-state index contributed by atoms with van der Waals surface area (Å²) in [4.78, 5) is 23.4. The predicted molar refractivity (Wildman–Crippen MR) is 121 cm³/mol. The quantitative estimate of drug-likeness (QED) is 0.579. The van der Waals surface area contributed by atoms with Gasteiger partial charge < -0.3 is 10.1 Å². The lowest BCUT2D eigenvalue weighted by atomic mass is 9.96. The van der Waals surface area contributed by atoms with Crippen molar-refractivity contribution >= 4 is 17.4 Å². The smallest absolute Gasteiger partial charge is 0.326 e. The number of benzene rings is 1. The first kappa shape index (κ1) is 20.4. The Balaban J connectivity index is 1.50. The van der Waals surface area contributed by atoms with Gasteiger partial charge in [-0.05, 0) is 55.0 Å². The first-order chi connectivity index (χ1) is 15.4. The molecule has 5 rings (SSSR count). The number of aryl methyl sites for hydroxylation is 2. The second-order valence-electron chi connectivity index (χ2n) is 8.66. The molecule has 0 saturated carbocycles. The van der Waals surface area contributed by atoms with Crippen molar-refractivity contribution in [2.75, 3.05) is 10.2 Å². The maximum Gasteiger partial charge on any atom is 0.326 e. The third kappa shape index (κ3) is 3.47. The maximum atomic E-state index is 14.3. The van der Waals surface area contributed by atoms with Crippen LogP contribution in [0.2, 0.25) is 0 Å². The molecule has 0 bridgehead atoms. The SMILES string of the molecule is Cc1cc2c(cc1N1Cc3c(ccnc3C(C)C)NC1=O)OC(c1ncccc1F)CC2. The molecule has 32 heavy (non-hydrogen) atoms. The van der Waals surface area contributed by atoms with Crippen molar-refractivity contribution in [2.45, 2.75) is 52.2 Å². The molecule has 4 heterocycles. The van der Waals surface area contributed by atoms with E-state index in [-0.39, 0.29) is 17.8 Å². The van der Waals surface area contributed by atoms with Crippen molar-refractivity contribution in [3.05, 3.63) is 76.6 Å². The topological polar surface area (TPSA) is 67.4 Å². The number of anilines is 2. The number of amides is 2. The summed E-state index contributed by atoms with van der Waals surface area (Å²) in [5, 5.41) is 3.00. The Morgan fingerprint density at radius 2 is 2.06 bits per heavy atom. The van der Waals surface area contributed by atoms with Crippen LogP contribution in [0.1, 0.15) is 60.4 Å². The molecular weight excluding hydrogens is 407 g/mol. The minimum Gasteiger partial charge on any atom is -0.484 e. The number of nitrogens with one attached hydrogen (secondary N) is 1. The Bertz CT molecular complexity index is 1210. The van der Waals surface area contributed by atoms with Crippen molar-refractivity contribution in [1.29, 1.82) is 0 Å². The van der Waals surface area contributed by atoms with Crippen LogP contribution in [-0.4, -0.2) is 16.0 Å². The number of carbonyl (C=O) groups excluding carboxylic acids is 1. The molecule has 1 aromatic carbocycles. The third-order valence-electron chi connectivity index (χ3n) is 6.15.